The van der Waals surface area contributed by atoms with Crippen LogP contribution in [0.15, 0.2) is 0 Å². The fourth-order valence-electron chi connectivity index (χ4n) is 1.46. The lowest BCUT2D eigenvalue weighted by Crippen LogP contribution is -2.39. The van der Waals surface area contributed by atoms with E-state index in [1.807, 2.05) is 0 Å². The van der Waals surface area contributed by atoms with Crippen molar-refractivity contribution in [2.24, 2.45) is 5.73 Å². The minimum Gasteiger partial charge on any atom is -0.347 e. The molecule has 0 bridgehead atoms. The van der Waals surface area contributed by atoms with Gasteiger partial charge in [0, 0.05) is 19.4 Å². The predicted octanol–water partition coefficient (Wildman–Crippen LogP) is 0.241. The molecule has 2 N–H and O–H groups in total. The zero-order chi connectivity index (χ0) is 7.03. The highest BCUT2D eigenvalue weighted by molar-refractivity contribution is 4.86. The van der Waals surface area contributed by atoms with E-state index in [2.05, 4.69) is 0 Å². The molecule has 2 rings (SSSR count). The molecule has 0 amide bonds. The second-order valence-corrected chi connectivity index (χ2v) is 3.05. The molecule has 1 aliphatic heterocycles. The van der Waals surface area contributed by atoms with Crippen LogP contribution >= 0.6 is 0 Å². The van der Waals surface area contributed by atoms with Crippen molar-refractivity contribution in [2.75, 3.05) is 13.2 Å². The molecule has 0 radical (unpaired) electrons. The first-order valence-corrected chi connectivity index (χ1v) is 3.86. The van der Waals surface area contributed by atoms with Crippen LogP contribution in [0.5, 0.6) is 0 Å². The van der Waals surface area contributed by atoms with Gasteiger partial charge in [0.1, 0.15) is 0 Å². The first-order valence-electron chi connectivity index (χ1n) is 3.86. The van der Waals surface area contributed by atoms with Gasteiger partial charge in [-0.2, -0.15) is 0 Å². The summed E-state index contributed by atoms with van der Waals surface area (Å²) in [7, 11) is 0. The predicted molar refractivity (Wildman–Crippen MR) is 36.5 cm³/mol. The third kappa shape index (κ3) is 0.856. The first-order chi connectivity index (χ1) is 4.85. The van der Waals surface area contributed by atoms with Crippen molar-refractivity contribution in [3.05, 3.63) is 0 Å². The van der Waals surface area contributed by atoms with Crippen LogP contribution in [0.1, 0.15) is 19.3 Å². The van der Waals surface area contributed by atoms with E-state index in [0.29, 0.717) is 13.2 Å². The van der Waals surface area contributed by atoms with Crippen molar-refractivity contribution < 1.29 is 9.47 Å². The molecular formula is C7H13NO2. The molecule has 0 aromatic heterocycles. The molecule has 2 aliphatic rings. The van der Waals surface area contributed by atoms with Gasteiger partial charge in [-0.25, -0.2) is 0 Å². The van der Waals surface area contributed by atoms with Gasteiger partial charge in [0.25, 0.3) is 0 Å². The van der Waals surface area contributed by atoms with E-state index in [1.54, 1.807) is 0 Å². The Labute approximate surface area is 60.5 Å². The normalized spacial score (nSPS) is 36.3. The Morgan fingerprint density at radius 2 is 2.30 bits per heavy atom. The maximum absolute atomic E-state index is 5.59. The summed E-state index contributed by atoms with van der Waals surface area (Å²) < 4.78 is 11.1. The van der Waals surface area contributed by atoms with E-state index >= 15 is 0 Å². The molecule has 0 aromatic rings. The Bertz CT molecular complexity index is 134. The van der Waals surface area contributed by atoms with Crippen LogP contribution in [-0.2, 0) is 9.47 Å². The van der Waals surface area contributed by atoms with Gasteiger partial charge in [0.05, 0.1) is 12.7 Å². The Kier molecular flexibility index (Phi) is 1.44. The molecule has 1 saturated heterocycles. The van der Waals surface area contributed by atoms with Crippen molar-refractivity contribution in [3.63, 3.8) is 0 Å². The number of rotatable bonds is 1. The van der Waals surface area contributed by atoms with Gasteiger partial charge in [0.15, 0.2) is 5.79 Å². The molecule has 2 fully saturated rings. The van der Waals surface area contributed by atoms with E-state index in [1.165, 1.54) is 6.42 Å². The number of ether oxygens (including phenoxy) is 2. The molecule has 1 aliphatic carbocycles. The van der Waals surface area contributed by atoms with Gasteiger partial charge in [-0.3, -0.25) is 0 Å². The molecule has 1 saturated carbocycles. The van der Waals surface area contributed by atoms with Crippen molar-refractivity contribution in [1.29, 1.82) is 0 Å². The minimum absolute atomic E-state index is 0.153. The zero-order valence-corrected chi connectivity index (χ0v) is 6.01. The second-order valence-electron chi connectivity index (χ2n) is 3.05. The summed E-state index contributed by atoms with van der Waals surface area (Å²) in [6.45, 7) is 1.28. The van der Waals surface area contributed by atoms with Gasteiger partial charge >= 0.3 is 0 Å². The highest BCUT2D eigenvalue weighted by Gasteiger charge is 2.45. The van der Waals surface area contributed by atoms with Gasteiger partial charge < -0.3 is 15.2 Å². The molecule has 58 valence electrons. The van der Waals surface area contributed by atoms with Crippen LogP contribution < -0.4 is 5.73 Å². The standard InChI is InChI=1S/C7H13NO2/c8-4-6-5-9-7(10-6)2-1-3-7/h6H,1-5,8H2. The highest BCUT2D eigenvalue weighted by atomic mass is 16.7. The van der Waals surface area contributed by atoms with Crippen LogP contribution in [-0.4, -0.2) is 25.0 Å². The van der Waals surface area contributed by atoms with E-state index in [-0.39, 0.29) is 11.9 Å². The topological polar surface area (TPSA) is 44.5 Å². The van der Waals surface area contributed by atoms with Gasteiger partial charge in [0.2, 0.25) is 0 Å². The summed E-state index contributed by atoms with van der Waals surface area (Å²) in [6, 6.07) is 0. The molecule has 10 heavy (non-hydrogen) atoms. The molecule has 3 heteroatoms. The average Bonchev–Trinajstić information content (AvgIpc) is 2.29. The zero-order valence-electron chi connectivity index (χ0n) is 6.01. The monoisotopic (exact) mass is 143 g/mol. The average molecular weight is 143 g/mol. The summed E-state index contributed by atoms with van der Waals surface area (Å²) in [6.07, 6.45) is 3.50. The van der Waals surface area contributed by atoms with Crippen LogP contribution in [0.2, 0.25) is 0 Å². The quantitative estimate of drug-likeness (QED) is 0.572. The summed E-state index contributed by atoms with van der Waals surface area (Å²) in [4.78, 5) is 0. The molecule has 1 heterocycles. The van der Waals surface area contributed by atoms with Crippen molar-refractivity contribution in [2.45, 2.75) is 31.2 Å². The number of nitrogens with two attached hydrogens (primary N) is 1. The lowest BCUT2D eigenvalue weighted by Gasteiger charge is -2.35. The smallest absolute Gasteiger partial charge is 0.168 e. The van der Waals surface area contributed by atoms with Crippen molar-refractivity contribution >= 4 is 0 Å². The molecule has 1 atom stereocenters. The Balaban J connectivity index is 1.92. The minimum atomic E-state index is -0.190. The summed E-state index contributed by atoms with van der Waals surface area (Å²) >= 11 is 0. The van der Waals surface area contributed by atoms with E-state index in [9.17, 15) is 0 Å². The maximum Gasteiger partial charge on any atom is 0.168 e. The number of hydrogen-bond acceptors (Lipinski definition) is 3. The number of hydrogen-bond donors (Lipinski definition) is 1. The first kappa shape index (κ1) is 6.58. The summed E-state index contributed by atoms with van der Waals surface area (Å²) in [5.74, 6) is -0.190. The van der Waals surface area contributed by atoms with Crippen LogP contribution in [0.3, 0.4) is 0 Å². The van der Waals surface area contributed by atoms with Crippen LogP contribution in [0.4, 0.5) is 0 Å². The maximum atomic E-state index is 5.59. The fourth-order valence-corrected chi connectivity index (χ4v) is 1.46. The van der Waals surface area contributed by atoms with E-state index in [4.69, 9.17) is 15.2 Å². The largest absolute Gasteiger partial charge is 0.347 e. The molecule has 0 aromatic carbocycles. The van der Waals surface area contributed by atoms with Crippen molar-refractivity contribution in [3.8, 4) is 0 Å². The molecular weight excluding hydrogens is 130 g/mol. The van der Waals surface area contributed by atoms with Gasteiger partial charge in [-0.15, -0.1) is 0 Å². The molecule has 1 spiro atoms. The molecule has 3 nitrogen and oxygen atoms in total. The van der Waals surface area contributed by atoms with Gasteiger partial charge in [-0.1, -0.05) is 0 Å². The second kappa shape index (κ2) is 2.19. The van der Waals surface area contributed by atoms with Crippen LogP contribution in [0, 0.1) is 0 Å². The molecule has 1 unspecified atom stereocenters. The Morgan fingerprint density at radius 3 is 2.60 bits per heavy atom. The lowest BCUT2D eigenvalue weighted by atomic mass is 9.91. The third-order valence-electron chi connectivity index (χ3n) is 2.29. The van der Waals surface area contributed by atoms with Crippen molar-refractivity contribution in [1.82, 2.24) is 0 Å². The third-order valence-corrected chi connectivity index (χ3v) is 2.29. The Morgan fingerprint density at radius 1 is 1.50 bits per heavy atom. The van der Waals surface area contributed by atoms with Crippen LogP contribution in [0.25, 0.3) is 0 Å². The lowest BCUT2D eigenvalue weighted by molar-refractivity contribution is -0.214. The van der Waals surface area contributed by atoms with E-state index < -0.39 is 0 Å². The van der Waals surface area contributed by atoms with E-state index in [0.717, 1.165) is 12.8 Å². The Hall–Kier alpha value is -0.120. The summed E-state index contributed by atoms with van der Waals surface area (Å²) in [5, 5.41) is 0. The SMILES string of the molecule is NCC1COC2(CCC2)O1. The fraction of sp³-hybridized carbons (Fsp3) is 1.00. The summed E-state index contributed by atoms with van der Waals surface area (Å²) in [5.41, 5.74) is 5.43. The highest BCUT2D eigenvalue weighted by Crippen LogP contribution is 2.41. The van der Waals surface area contributed by atoms with Gasteiger partial charge in [-0.05, 0) is 6.42 Å².